The smallest absolute Gasteiger partial charge is 0.221 e. The van der Waals surface area contributed by atoms with Gasteiger partial charge in [0.2, 0.25) is 5.91 Å². The molecule has 2 N–H and O–H groups in total. The highest BCUT2D eigenvalue weighted by Gasteiger charge is 2.32. The Bertz CT molecular complexity index is 1010. The second-order valence-corrected chi connectivity index (χ2v) is 8.67. The maximum atomic E-state index is 11.3. The molecular formula is C25H26N2O4S. The molecule has 0 spiro atoms. The van der Waals surface area contributed by atoms with E-state index in [1.54, 1.807) is 18.0 Å². The largest absolute Gasteiger partial charge is 0.392 e. The minimum atomic E-state index is -0.521. The molecule has 6 nitrogen and oxygen atoms in total. The Kier molecular flexibility index (Phi) is 7.55. The maximum Gasteiger partial charge on any atom is 0.221 e. The lowest BCUT2D eigenvalue weighted by molar-refractivity contribution is -0.245. The van der Waals surface area contributed by atoms with Gasteiger partial charge in [0.05, 0.1) is 23.8 Å². The maximum absolute atomic E-state index is 11.3. The number of hydrogen-bond donors (Lipinski definition) is 2. The summed E-state index contributed by atoms with van der Waals surface area (Å²) in [6.45, 7) is 1.50. The standard InChI is InChI=1S/C25H26N2O4S/c1-17(29)27-21-11-9-20(10-12-21)25-30-22(16-32-24-4-2-3-13-26-24)14-23(31-25)19-7-5-18(15-28)6-8-19/h2-13,22-23,25,28H,14-16H2,1H3,(H,27,29). The molecule has 1 amide bonds. The highest BCUT2D eigenvalue weighted by atomic mass is 32.2. The van der Waals surface area contributed by atoms with Gasteiger partial charge < -0.3 is 19.9 Å². The number of benzene rings is 2. The first-order valence-corrected chi connectivity index (χ1v) is 11.5. The number of nitrogens with one attached hydrogen (secondary N) is 1. The van der Waals surface area contributed by atoms with Crippen molar-refractivity contribution in [1.82, 2.24) is 4.98 Å². The molecule has 2 heterocycles. The second-order valence-electron chi connectivity index (χ2n) is 7.63. The van der Waals surface area contributed by atoms with Gasteiger partial charge in [-0.3, -0.25) is 4.79 Å². The van der Waals surface area contributed by atoms with E-state index < -0.39 is 6.29 Å². The number of aliphatic hydroxyl groups excluding tert-OH is 1. The van der Waals surface area contributed by atoms with E-state index in [1.165, 1.54) is 6.92 Å². The number of ether oxygens (including phenoxy) is 2. The van der Waals surface area contributed by atoms with Crippen LogP contribution in [0.1, 0.15) is 42.4 Å². The number of rotatable bonds is 7. The molecule has 1 aromatic heterocycles. The Morgan fingerprint density at radius 2 is 1.81 bits per heavy atom. The van der Waals surface area contributed by atoms with Gasteiger partial charge in [0.15, 0.2) is 6.29 Å². The molecule has 0 bridgehead atoms. The molecule has 7 heteroatoms. The molecule has 1 fully saturated rings. The number of nitrogens with zero attached hydrogens (tertiary/aromatic N) is 1. The summed E-state index contributed by atoms with van der Waals surface area (Å²) in [6.07, 6.45) is 1.83. The van der Waals surface area contributed by atoms with Crippen LogP contribution in [0.3, 0.4) is 0 Å². The van der Waals surface area contributed by atoms with E-state index in [0.29, 0.717) is 0 Å². The van der Waals surface area contributed by atoms with Crippen molar-refractivity contribution in [1.29, 1.82) is 0 Å². The number of aromatic nitrogens is 1. The molecule has 0 aliphatic carbocycles. The van der Waals surface area contributed by atoms with Crippen LogP contribution in [-0.4, -0.2) is 27.9 Å². The third-order valence-corrected chi connectivity index (χ3v) is 6.25. The van der Waals surface area contributed by atoms with Crippen LogP contribution in [0.5, 0.6) is 0 Å². The zero-order valence-corrected chi connectivity index (χ0v) is 18.6. The fraction of sp³-hybridized carbons (Fsp3) is 0.280. The van der Waals surface area contributed by atoms with Crippen LogP contribution in [0.15, 0.2) is 78.0 Å². The number of carbonyl (C=O) groups is 1. The van der Waals surface area contributed by atoms with Gasteiger partial charge in [0.25, 0.3) is 0 Å². The average Bonchev–Trinajstić information content (AvgIpc) is 2.83. The Balaban J connectivity index is 1.52. The lowest BCUT2D eigenvalue weighted by atomic mass is 10.0. The van der Waals surface area contributed by atoms with Crippen LogP contribution >= 0.6 is 11.8 Å². The molecule has 32 heavy (non-hydrogen) atoms. The summed E-state index contributed by atoms with van der Waals surface area (Å²) in [5.41, 5.74) is 3.55. The monoisotopic (exact) mass is 450 g/mol. The topological polar surface area (TPSA) is 80.7 Å². The van der Waals surface area contributed by atoms with E-state index in [1.807, 2.05) is 66.7 Å². The van der Waals surface area contributed by atoms with Crippen molar-refractivity contribution in [3.05, 3.63) is 89.6 Å². The molecule has 1 aliphatic rings. The summed E-state index contributed by atoms with van der Waals surface area (Å²) in [6, 6.07) is 21.2. The number of anilines is 1. The zero-order valence-electron chi connectivity index (χ0n) is 17.8. The number of pyridine rings is 1. The van der Waals surface area contributed by atoms with E-state index in [0.717, 1.165) is 39.6 Å². The van der Waals surface area contributed by atoms with Crippen molar-refractivity contribution < 1.29 is 19.4 Å². The molecule has 0 radical (unpaired) electrons. The fourth-order valence-corrected chi connectivity index (χ4v) is 4.44. The lowest BCUT2D eigenvalue weighted by Gasteiger charge is -2.36. The highest BCUT2D eigenvalue weighted by molar-refractivity contribution is 7.99. The predicted molar refractivity (Wildman–Crippen MR) is 124 cm³/mol. The van der Waals surface area contributed by atoms with Crippen molar-refractivity contribution in [2.24, 2.45) is 0 Å². The van der Waals surface area contributed by atoms with Gasteiger partial charge in [0.1, 0.15) is 0 Å². The van der Waals surface area contributed by atoms with Gasteiger partial charge in [-0.05, 0) is 35.4 Å². The van der Waals surface area contributed by atoms with Gasteiger partial charge in [-0.15, -0.1) is 11.8 Å². The number of hydrogen-bond acceptors (Lipinski definition) is 6. The van der Waals surface area contributed by atoms with Gasteiger partial charge in [-0.1, -0.05) is 42.5 Å². The molecule has 0 saturated carbocycles. The molecule has 3 aromatic rings. The van der Waals surface area contributed by atoms with E-state index in [9.17, 15) is 9.90 Å². The Labute approximate surface area is 192 Å². The first-order valence-electron chi connectivity index (χ1n) is 10.5. The number of thioether (sulfide) groups is 1. The summed E-state index contributed by atoms with van der Waals surface area (Å²) in [4.78, 5) is 15.7. The Morgan fingerprint density at radius 1 is 1.06 bits per heavy atom. The van der Waals surface area contributed by atoms with E-state index >= 15 is 0 Å². The molecule has 4 rings (SSSR count). The third kappa shape index (κ3) is 5.95. The van der Waals surface area contributed by atoms with Crippen molar-refractivity contribution in [3.8, 4) is 0 Å². The minimum absolute atomic E-state index is 0.0154. The lowest BCUT2D eigenvalue weighted by Crippen LogP contribution is -2.31. The van der Waals surface area contributed by atoms with E-state index in [-0.39, 0.29) is 24.7 Å². The highest BCUT2D eigenvalue weighted by Crippen LogP contribution is 2.39. The average molecular weight is 451 g/mol. The van der Waals surface area contributed by atoms with Crippen molar-refractivity contribution >= 4 is 23.4 Å². The quantitative estimate of drug-likeness (QED) is 0.500. The van der Waals surface area contributed by atoms with Crippen LogP contribution < -0.4 is 5.32 Å². The summed E-state index contributed by atoms with van der Waals surface area (Å²) in [7, 11) is 0. The van der Waals surface area contributed by atoms with Crippen LogP contribution in [0.2, 0.25) is 0 Å². The predicted octanol–water partition coefficient (Wildman–Crippen LogP) is 4.87. The zero-order chi connectivity index (χ0) is 22.3. The van der Waals surface area contributed by atoms with E-state index in [2.05, 4.69) is 10.3 Å². The first-order chi connectivity index (χ1) is 15.6. The van der Waals surface area contributed by atoms with Gasteiger partial charge in [-0.25, -0.2) is 4.98 Å². The first kappa shape index (κ1) is 22.5. The summed E-state index contributed by atoms with van der Waals surface area (Å²) < 4.78 is 12.7. The Morgan fingerprint density at radius 3 is 2.47 bits per heavy atom. The normalized spacial score (nSPS) is 20.6. The van der Waals surface area contributed by atoms with Crippen molar-refractivity contribution in [2.45, 2.75) is 43.5 Å². The SMILES string of the molecule is CC(=O)Nc1ccc(C2OC(CSc3ccccn3)CC(c3ccc(CO)cc3)O2)cc1. The summed E-state index contributed by atoms with van der Waals surface area (Å²) in [5, 5.41) is 13.1. The number of amides is 1. The van der Waals surface area contributed by atoms with Gasteiger partial charge >= 0.3 is 0 Å². The second kappa shape index (κ2) is 10.7. The molecule has 1 aliphatic heterocycles. The van der Waals surface area contributed by atoms with Crippen molar-refractivity contribution in [3.63, 3.8) is 0 Å². The minimum Gasteiger partial charge on any atom is -0.392 e. The number of aliphatic hydroxyl groups is 1. The molecule has 166 valence electrons. The fourth-order valence-electron chi connectivity index (χ4n) is 3.56. The third-order valence-electron chi connectivity index (χ3n) is 5.17. The van der Waals surface area contributed by atoms with Crippen LogP contribution in [0.25, 0.3) is 0 Å². The summed E-state index contributed by atoms with van der Waals surface area (Å²) in [5.74, 6) is 0.646. The van der Waals surface area contributed by atoms with E-state index in [4.69, 9.17) is 9.47 Å². The van der Waals surface area contributed by atoms with Gasteiger partial charge in [-0.2, -0.15) is 0 Å². The van der Waals surface area contributed by atoms with Crippen LogP contribution in [0.4, 0.5) is 5.69 Å². The summed E-state index contributed by atoms with van der Waals surface area (Å²) >= 11 is 1.66. The van der Waals surface area contributed by atoms with Crippen LogP contribution in [-0.2, 0) is 20.9 Å². The van der Waals surface area contributed by atoms with Crippen molar-refractivity contribution in [2.75, 3.05) is 11.1 Å². The number of carbonyl (C=O) groups excluding carboxylic acids is 1. The van der Waals surface area contributed by atoms with Crippen LogP contribution in [0, 0.1) is 0 Å². The molecule has 3 unspecified atom stereocenters. The molecular weight excluding hydrogens is 424 g/mol. The van der Waals surface area contributed by atoms with Gasteiger partial charge in [0, 0.05) is 36.5 Å². The molecule has 1 saturated heterocycles. The molecule has 2 aromatic carbocycles. The molecule has 3 atom stereocenters. The Hall–Kier alpha value is -2.71.